The first kappa shape index (κ1) is 19.0. The number of thioether (sulfide) groups is 1. The largest absolute Gasteiger partial charge is 0.329 e. The number of hydrogen-bond donors (Lipinski definition) is 2. The lowest BCUT2D eigenvalue weighted by atomic mass is 10.2. The second-order valence-electron chi connectivity index (χ2n) is 5.67. The Balaban J connectivity index is 1.55. The van der Waals surface area contributed by atoms with Crippen LogP contribution in [0.5, 0.6) is 0 Å². The summed E-state index contributed by atoms with van der Waals surface area (Å²) in [5, 5.41) is 6.80. The van der Waals surface area contributed by atoms with Crippen molar-refractivity contribution in [2.24, 2.45) is 7.05 Å². The molecule has 0 saturated carbocycles. The van der Waals surface area contributed by atoms with E-state index in [1.807, 2.05) is 17.8 Å². The second kappa shape index (κ2) is 8.75. The topological polar surface area (TPSA) is 76.0 Å². The third kappa shape index (κ3) is 5.12. The minimum absolute atomic E-state index is 0.142. The van der Waals surface area contributed by atoms with Crippen molar-refractivity contribution >= 4 is 46.6 Å². The van der Waals surface area contributed by atoms with Gasteiger partial charge in [-0.05, 0) is 36.4 Å². The summed E-state index contributed by atoms with van der Waals surface area (Å²) >= 11 is 7.40. The van der Waals surface area contributed by atoms with Crippen LogP contribution in [0, 0.1) is 0 Å². The van der Waals surface area contributed by atoms with E-state index in [0.717, 1.165) is 5.16 Å². The van der Waals surface area contributed by atoms with Crippen LogP contribution in [-0.2, 0) is 11.8 Å². The van der Waals surface area contributed by atoms with Crippen LogP contribution >= 0.6 is 23.4 Å². The van der Waals surface area contributed by atoms with E-state index in [-0.39, 0.29) is 17.6 Å². The van der Waals surface area contributed by atoms with Crippen molar-refractivity contribution in [2.75, 3.05) is 16.4 Å². The van der Waals surface area contributed by atoms with Crippen molar-refractivity contribution in [3.05, 3.63) is 71.5 Å². The number of nitrogens with zero attached hydrogens (tertiary/aromatic N) is 2. The van der Waals surface area contributed by atoms with E-state index in [2.05, 4.69) is 15.6 Å². The molecule has 0 spiro atoms. The molecule has 0 radical (unpaired) electrons. The van der Waals surface area contributed by atoms with Gasteiger partial charge < -0.3 is 15.2 Å². The maximum atomic E-state index is 12.3. The normalized spacial score (nSPS) is 10.4. The van der Waals surface area contributed by atoms with Gasteiger partial charge in [0.1, 0.15) is 0 Å². The van der Waals surface area contributed by atoms with Crippen LogP contribution in [-0.4, -0.2) is 27.1 Å². The van der Waals surface area contributed by atoms with Crippen LogP contribution in [0.2, 0.25) is 5.02 Å². The van der Waals surface area contributed by atoms with Gasteiger partial charge in [0.25, 0.3) is 5.91 Å². The summed E-state index contributed by atoms with van der Waals surface area (Å²) in [5.74, 6) is -0.165. The number of para-hydroxylation sites is 1. The summed E-state index contributed by atoms with van der Waals surface area (Å²) in [6.45, 7) is 0. The number of hydrogen-bond acceptors (Lipinski definition) is 4. The summed E-state index contributed by atoms with van der Waals surface area (Å²) in [4.78, 5) is 28.5. The molecule has 0 fully saturated rings. The predicted octanol–water partition coefficient (Wildman–Crippen LogP) is 4.06. The van der Waals surface area contributed by atoms with Gasteiger partial charge >= 0.3 is 0 Å². The quantitative estimate of drug-likeness (QED) is 0.612. The zero-order chi connectivity index (χ0) is 19.2. The molecular formula is C19H17ClN4O2S. The molecule has 0 aliphatic carbocycles. The molecule has 2 N–H and O–H groups in total. The van der Waals surface area contributed by atoms with Crippen LogP contribution in [0.3, 0.4) is 0 Å². The van der Waals surface area contributed by atoms with Crippen LogP contribution in [0.15, 0.2) is 66.1 Å². The fourth-order valence-corrected chi connectivity index (χ4v) is 3.20. The third-order valence-electron chi connectivity index (χ3n) is 3.66. The highest BCUT2D eigenvalue weighted by Gasteiger charge is 2.10. The molecule has 2 aromatic carbocycles. The van der Waals surface area contributed by atoms with Crippen LogP contribution in [0.25, 0.3) is 0 Å². The maximum absolute atomic E-state index is 12.3. The summed E-state index contributed by atoms with van der Waals surface area (Å²) in [6.07, 6.45) is 3.51. The van der Waals surface area contributed by atoms with E-state index < -0.39 is 0 Å². The minimum Gasteiger partial charge on any atom is -0.329 e. The van der Waals surface area contributed by atoms with Crippen molar-refractivity contribution < 1.29 is 9.59 Å². The van der Waals surface area contributed by atoms with Gasteiger partial charge in [-0.3, -0.25) is 9.59 Å². The first-order chi connectivity index (χ1) is 13.0. The van der Waals surface area contributed by atoms with Gasteiger partial charge in [-0.15, -0.1) is 0 Å². The van der Waals surface area contributed by atoms with E-state index in [9.17, 15) is 9.59 Å². The molecule has 3 rings (SSSR count). The molecule has 8 heteroatoms. The number of rotatable bonds is 6. The Bertz CT molecular complexity index is 956. The predicted molar refractivity (Wildman–Crippen MR) is 108 cm³/mol. The monoisotopic (exact) mass is 400 g/mol. The first-order valence-electron chi connectivity index (χ1n) is 8.09. The Kier molecular flexibility index (Phi) is 6.16. The van der Waals surface area contributed by atoms with Gasteiger partial charge in [0.15, 0.2) is 5.16 Å². The van der Waals surface area contributed by atoms with Crippen molar-refractivity contribution in [1.82, 2.24) is 9.55 Å². The number of imidazole rings is 1. The Morgan fingerprint density at radius 2 is 1.85 bits per heavy atom. The number of anilines is 2. The zero-order valence-electron chi connectivity index (χ0n) is 14.5. The summed E-state index contributed by atoms with van der Waals surface area (Å²) in [6, 6.07) is 13.7. The molecule has 0 saturated heterocycles. The van der Waals surface area contributed by atoms with E-state index >= 15 is 0 Å². The molecule has 138 valence electrons. The molecule has 0 atom stereocenters. The Hall–Kier alpha value is -2.77. The second-order valence-corrected chi connectivity index (χ2v) is 7.02. The smallest absolute Gasteiger partial charge is 0.255 e. The number of nitrogens with one attached hydrogen (secondary N) is 2. The Morgan fingerprint density at radius 1 is 1.11 bits per heavy atom. The molecule has 27 heavy (non-hydrogen) atoms. The molecule has 6 nitrogen and oxygen atoms in total. The average Bonchev–Trinajstić information content (AvgIpc) is 3.07. The maximum Gasteiger partial charge on any atom is 0.255 e. The summed E-state index contributed by atoms with van der Waals surface area (Å²) in [5.41, 5.74) is 1.64. The molecule has 0 bridgehead atoms. The highest BCUT2D eigenvalue weighted by molar-refractivity contribution is 7.99. The highest BCUT2D eigenvalue weighted by atomic mass is 35.5. The fraction of sp³-hybridized carbons (Fsp3) is 0.105. The van der Waals surface area contributed by atoms with Gasteiger partial charge in [0.05, 0.1) is 16.5 Å². The van der Waals surface area contributed by atoms with Gasteiger partial charge in [0.2, 0.25) is 5.91 Å². The van der Waals surface area contributed by atoms with Gasteiger partial charge in [-0.1, -0.05) is 35.5 Å². The van der Waals surface area contributed by atoms with Crippen LogP contribution in [0.1, 0.15) is 10.4 Å². The molecule has 0 aliphatic rings. The van der Waals surface area contributed by atoms with E-state index in [0.29, 0.717) is 22.0 Å². The van der Waals surface area contributed by atoms with Crippen molar-refractivity contribution in [3.8, 4) is 0 Å². The number of aryl methyl sites for hydroxylation is 1. The van der Waals surface area contributed by atoms with E-state index in [4.69, 9.17) is 11.6 Å². The molecule has 3 aromatic rings. The zero-order valence-corrected chi connectivity index (χ0v) is 16.1. The van der Waals surface area contributed by atoms with Gasteiger partial charge in [-0.25, -0.2) is 4.98 Å². The molecule has 2 amide bonds. The number of benzene rings is 2. The lowest BCUT2D eigenvalue weighted by Gasteiger charge is -2.08. The SMILES string of the molecule is Cn1ccnc1SCC(=O)Nc1ccc(C(=O)Nc2ccccc2Cl)cc1. The fourth-order valence-electron chi connectivity index (χ4n) is 2.28. The van der Waals surface area contributed by atoms with Gasteiger partial charge in [-0.2, -0.15) is 0 Å². The lowest BCUT2D eigenvalue weighted by Crippen LogP contribution is -2.15. The third-order valence-corrected chi connectivity index (χ3v) is 5.05. The molecule has 1 heterocycles. The average molecular weight is 401 g/mol. The Labute approximate surface area is 165 Å². The first-order valence-corrected chi connectivity index (χ1v) is 9.45. The highest BCUT2D eigenvalue weighted by Crippen LogP contribution is 2.21. The van der Waals surface area contributed by atoms with Crippen LogP contribution < -0.4 is 10.6 Å². The number of halogens is 1. The number of carbonyl (C=O) groups excluding carboxylic acids is 2. The Morgan fingerprint density at radius 3 is 2.52 bits per heavy atom. The lowest BCUT2D eigenvalue weighted by molar-refractivity contribution is -0.113. The summed E-state index contributed by atoms with van der Waals surface area (Å²) < 4.78 is 1.85. The van der Waals surface area contributed by atoms with E-state index in [1.54, 1.807) is 54.7 Å². The standard InChI is InChI=1S/C19H17ClN4O2S/c1-24-11-10-21-19(24)27-12-17(25)22-14-8-6-13(7-9-14)18(26)23-16-5-3-2-4-15(16)20/h2-11H,12H2,1H3,(H,22,25)(H,23,26). The molecular weight excluding hydrogens is 384 g/mol. The minimum atomic E-state index is -0.272. The van der Waals surface area contributed by atoms with Crippen molar-refractivity contribution in [2.45, 2.75) is 5.16 Å². The van der Waals surface area contributed by atoms with Crippen LogP contribution in [0.4, 0.5) is 11.4 Å². The van der Waals surface area contributed by atoms with Crippen molar-refractivity contribution in [1.29, 1.82) is 0 Å². The molecule has 1 aromatic heterocycles. The number of amides is 2. The molecule has 0 aliphatic heterocycles. The van der Waals surface area contributed by atoms with E-state index in [1.165, 1.54) is 11.8 Å². The van der Waals surface area contributed by atoms with Crippen molar-refractivity contribution in [3.63, 3.8) is 0 Å². The van der Waals surface area contributed by atoms with Gasteiger partial charge in [0, 0.05) is 30.7 Å². The number of carbonyl (C=O) groups is 2. The summed E-state index contributed by atoms with van der Waals surface area (Å²) in [7, 11) is 1.87. The molecule has 0 unspecified atom stereocenters. The number of aromatic nitrogens is 2.